The van der Waals surface area contributed by atoms with Crippen molar-refractivity contribution in [2.45, 2.75) is 39.3 Å². The van der Waals surface area contributed by atoms with E-state index in [0.717, 1.165) is 12.1 Å². The average Bonchev–Trinajstić information content (AvgIpc) is 3.15. The zero-order valence-electron chi connectivity index (χ0n) is 19.2. The fourth-order valence-corrected chi connectivity index (χ4v) is 3.37. The van der Waals surface area contributed by atoms with Gasteiger partial charge in [0.15, 0.2) is 17.1 Å². The molecule has 0 saturated heterocycles. The number of benzene rings is 1. The Kier molecular flexibility index (Phi) is 7.23. The zero-order valence-corrected chi connectivity index (χ0v) is 19.2. The molecule has 0 fully saturated rings. The summed E-state index contributed by atoms with van der Waals surface area (Å²) in [5.74, 6) is -1.81. The number of aromatic nitrogens is 2. The molecule has 3 aromatic rings. The number of amides is 2. The number of methoxy groups -OCH3 is 1. The molecule has 9 nitrogen and oxygen atoms in total. The number of halogens is 2. The Balaban J connectivity index is 1.93. The third-order valence-corrected chi connectivity index (χ3v) is 5.46. The molecule has 1 aromatic carbocycles. The topological polar surface area (TPSA) is 114 Å². The summed E-state index contributed by atoms with van der Waals surface area (Å²) in [5, 5.41) is 14.2. The van der Waals surface area contributed by atoms with Gasteiger partial charge in [0.05, 0.1) is 18.2 Å². The molecule has 34 heavy (non-hydrogen) atoms. The highest BCUT2D eigenvalue weighted by atomic mass is 19.1. The Morgan fingerprint density at radius 3 is 2.53 bits per heavy atom. The zero-order chi connectivity index (χ0) is 25.0. The van der Waals surface area contributed by atoms with Gasteiger partial charge in [-0.15, -0.1) is 0 Å². The van der Waals surface area contributed by atoms with Crippen LogP contribution in [0.25, 0.3) is 5.65 Å². The molecule has 3 N–H and O–H groups in total. The second-order valence-electron chi connectivity index (χ2n) is 8.06. The van der Waals surface area contributed by atoms with E-state index in [0.29, 0.717) is 12.0 Å². The molecule has 182 valence electrons. The lowest BCUT2D eigenvalue weighted by atomic mass is 9.99. The van der Waals surface area contributed by atoms with Crippen LogP contribution >= 0.6 is 0 Å². The molecule has 0 aliphatic rings. The van der Waals surface area contributed by atoms with Gasteiger partial charge >= 0.3 is 6.09 Å². The van der Waals surface area contributed by atoms with Gasteiger partial charge in [-0.2, -0.15) is 4.98 Å². The number of carboxylic acid groups (broad SMARTS) is 1. The highest BCUT2D eigenvalue weighted by Gasteiger charge is 2.28. The summed E-state index contributed by atoms with van der Waals surface area (Å²) in [4.78, 5) is 28.5. The van der Waals surface area contributed by atoms with Gasteiger partial charge in [0.25, 0.3) is 5.91 Å². The molecule has 0 radical (unpaired) electrons. The minimum atomic E-state index is -1.20. The molecule has 0 aliphatic heterocycles. The largest absolute Gasteiger partial charge is 0.485 e. The fraction of sp³-hybridized carbons (Fsp3) is 0.348. The van der Waals surface area contributed by atoms with Crippen molar-refractivity contribution in [3.8, 4) is 11.6 Å². The number of carbonyl (C=O) groups is 2. The predicted molar refractivity (Wildman–Crippen MR) is 119 cm³/mol. The number of pyridine rings is 1. The molecule has 0 spiro atoms. The van der Waals surface area contributed by atoms with E-state index in [1.54, 1.807) is 33.0 Å². The molecule has 0 aliphatic carbocycles. The van der Waals surface area contributed by atoms with Gasteiger partial charge in [0.2, 0.25) is 5.88 Å². The van der Waals surface area contributed by atoms with Gasteiger partial charge in [-0.05, 0) is 44.0 Å². The normalized spacial score (nSPS) is 12.8. The van der Waals surface area contributed by atoms with E-state index in [9.17, 15) is 18.4 Å². The lowest BCUT2D eigenvalue weighted by Crippen LogP contribution is -2.52. The Morgan fingerprint density at radius 1 is 1.26 bits per heavy atom. The molecule has 2 aromatic heterocycles. The van der Waals surface area contributed by atoms with Crippen molar-refractivity contribution >= 4 is 17.6 Å². The summed E-state index contributed by atoms with van der Waals surface area (Å²) in [5.41, 5.74) is -0.147. The van der Waals surface area contributed by atoms with Crippen LogP contribution in [0, 0.1) is 18.6 Å². The first kappa shape index (κ1) is 24.7. The van der Waals surface area contributed by atoms with E-state index >= 15 is 0 Å². The highest BCUT2D eigenvalue weighted by Crippen LogP contribution is 2.29. The molecule has 2 heterocycles. The van der Waals surface area contributed by atoms with Gasteiger partial charge in [0, 0.05) is 12.7 Å². The van der Waals surface area contributed by atoms with Crippen LogP contribution in [-0.4, -0.2) is 45.7 Å². The fourth-order valence-electron chi connectivity index (χ4n) is 3.37. The molecule has 3 rings (SSSR count). The van der Waals surface area contributed by atoms with Crippen LogP contribution in [0.5, 0.6) is 11.6 Å². The van der Waals surface area contributed by atoms with Crippen molar-refractivity contribution in [2.24, 2.45) is 0 Å². The summed E-state index contributed by atoms with van der Waals surface area (Å²) in [7, 11) is 1.35. The highest BCUT2D eigenvalue weighted by molar-refractivity contribution is 5.96. The second kappa shape index (κ2) is 9.94. The number of rotatable bonds is 9. The number of aryl methyl sites for hydroxylation is 1. The van der Waals surface area contributed by atoms with Crippen molar-refractivity contribution in [1.29, 1.82) is 0 Å². The number of nitrogens with zero attached hydrogens (tertiary/aromatic N) is 2. The Bertz CT molecular complexity index is 1210. The first-order valence-corrected chi connectivity index (χ1v) is 10.5. The molecule has 2 amide bonds. The van der Waals surface area contributed by atoms with Crippen LogP contribution in [0.15, 0.2) is 30.5 Å². The summed E-state index contributed by atoms with van der Waals surface area (Å²) in [6, 6.07) is 5.17. The maximum atomic E-state index is 14.0. The summed E-state index contributed by atoms with van der Waals surface area (Å²) >= 11 is 0. The standard InChI is InChI=1S/C23H26F2N4O5/c1-5-23(3,28-22(31)32)12-26-20(30)18-21(33-4)27-19-17(9-13(2)10-29(18)19)34-11-14-15(24)7-6-8-16(14)25/h6-10,28H,5,11-12H2,1-4H3,(H,26,30)(H,31,32). The smallest absolute Gasteiger partial charge is 0.405 e. The van der Waals surface area contributed by atoms with E-state index in [4.69, 9.17) is 14.6 Å². The number of fused-ring (bicyclic) bond motifs is 1. The average molecular weight is 476 g/mol. The number of hydrogen-bond acceptors (Lipinski definition) is 5. The van der Waals surface area contributed by atoms with Crippen LogP contribution in [0.2, 0.25) is 0 Å². The van der Waals surface area contributed by atoms with Crippen LogP contribution in [-0.2, 0) is 6.61 Å². The quantitative estimate of drug-likeness (QED) is 0.434. The number of hydrogen-bond donors (Lipinski definition) is 3. The lowest BCUT2D eigenvalue weighted by Gasteiger charge is -2.28. The van der Waals surface area contributed by atoms with E-state index in [1.165, 1.54) is 17.6 Å². The molecular weight excluding hydrogens is 450 g/mol. The third-order valence-electron chi connectivity index (χ3n) is 5.46. The van der Waals surface area contributed by atoms with E-state index in [1.807, 2.05) is 0 Å². The maximum absolute atomic E-state index is 14.0. The monoisotopic (exact) mass is 476 g/mol. The molecule has 0 bridgehead atoms. The third kappa shape index (κ3) is 5.19. The second-order valence-corrected chi connectivity index (χ2v) is 8.06. The number of ether oxygens (including phenoxy) is 2. The molecule has 11 heteroatoms. The maximum Gasteiger partial charge on any atom is 0.405 e. The summed E-state index contributed by atoms with van der Waals surface area (Å²) in [6.45, 7) is 4.86. The van der Waals surface area contributed by atoms with Crippen molar-refractivity contribution in [1.82, 2.24) is 20.0 Å². The Morgan fingerprint density at radius 2 is 1.94 bits per heavy atom. The van der Waals surface area contributed by atoms with Gasteiger partial charge < -0.3 is 25.2 Å². The minimum absolute atomic E-state index is 0.00872. The van der Waals surface area contributed by atoms with Gasteiger partial charge in [-0.1, -0.05) is 13.0 Å². The Hall–Kier alpha value is -3.89. The van der Waals surface area contributed by atoms with E-state index < -0.39 is 29.2 Å². The van der Waals surface area contributed by atoms with Crippen molar-refractivity contribution in [3.05, 3.63) is 58.9 Å². The summed E-state index contributed by atoms with van der Waals surface area (Å²) in [6.07, 6.45) is 0.882. The molecule has 1 unspecified atom stereocenters. The van der Waals surface area contributed by atoms with Crippen LogP contribution in [0.3, 0.4) is 0 Å². The molecule has 1 atom stereocenters. The summed E-state index contributed by atoms with van der Waals surface area (Å²) < 4.78 is 40.5. The first-order valence-electron chi connectivity index (χ1n) is 10.5. The SMILES string of the molecule is CCC(C)(CNC(=O)c1c(OC)nc2c(OCc3c(F)cccc3F)cc(C)cn12)NC(=O)O. The molecular formula is C23H26F2N4O5. The van der Waals surface area contributed by atoms with Gasteiger partial charge in [-0.3, -0.25) is 9.20 Å². The van der Waals surface area contributed by atoms with E-state index in [-0.39, 0.29) is 41.7 Å². The number of imidazole rings is 1. The van der Waals surface area contributed by atoms with Crippen molar-refractivity contribution in [2.75, 3.05) is 13.7 Å². The van der Waals surface area contributed by atoms with Gasteiger partial charge in [-0.25, -0.2) is 13.6 Å². The van der Waals surface area contributed by atoms with Crippen LogP contribution in [0.1, 0.15) is 41.9 Å². The minimum Gasteiger partial charge on any atom is -0.485 e. The Labute approximate surface area is 194 Å². The van der Waals surface area contributed by atoms with Crippen molar-refractivity contribution < 1.29 is 33.0 Å². The van der Waals surface area contributed by atoms with Crippen LogP contribution in [0.4, 0.5) is 13.6 Å². The van der Waals surface area contributed by atoms with Crippen molar-refractivity contribution in [3.63, 3.8) is 0 Å². The number of nitrogens with one attached hydrogen (secondary N) is 2. The number of carbonyl (C=O) groups excluding carboxylic acids is 1. The molecule has 0 saturated carbocycles. The first-order chi connectivity index (χ1) is 16.1. The predicted octanol–water partition coefficient (Wildman–Crippen LogP) is 3.67. The lowest BCUT2D eigenvalue weighted by molar-refractivity contribution is 0.0928. The van der Waals surface area contributed by atoms with E-state index in [2.05, 4.69) is 15.6 Å². The van der Waals surface area contributed by atoms with Gasteiger partial charge in [0.1, 0.15) is 18.2 Å². The van der Waals surface area contributed by atoms with Crippen LogP contribution < -0.4 is 20.1 Å².